The molecule has 6 heteroatoms. The lowest BCUT2D eigenvalue weighted by atomic mass is 10.1. The first-order valence-electron chi connectivity index (χ1n) is 8.84. The number of hydrogen-bond donors (Lipinski definition) is 1. The summed E-state index contributed by atoms with van der Waals surface area (Å²) in [6.07, 6.45) is 3.25. The summed E-state index contributed by atoms with van der Waals surface area (Å²) in [4.78, 5) is 24.4. The van der Waals surface area contributed by atoms with Crippen LogP contribution in [0.4, 0.5) is 5.69 Å². The molecule has 0 radical (unpaired) electrons. The Morgan fingerprint density at radius 2 is 1.86 bits per heavy atom. The van der Waals surface area contributed by atoms with Crippen molar-refractivity contribution < 1.29 is 14.3 Å². The number of carbonyl (C=O) groups excluding carboxylic acids is 2. The number of ether oxygens (including phenoxy) is 1. The Bertz CT molecular complexity index is 1080. The van der Waals surface area contributed by atoms with E-state index in [-0.39, 0.29) is 24.6 Å². The van der Waals surface area contributed by atoms with Gasteiger partial charge in [-0.1, -0.05) is 36.4 Å². The summed E-state index contributed by atoms with van der Waals surface area (Å²) in [7, 11) is 0. The van der Waals surface area contributed by atoms with Gasteiger partial charge < -0.3 is 14.6 Å². The van der Waals surface area contributed by atoms with Crippen LogP contribution in [0.25, 0.3) is 17.0 Å². The Kier molecular flexibility index (Phi) is 5.87. The average Bonchev–Trinajstić information content (AvgIpc) is 3.04. The number of esters is 1. The molecule has 28 heavy (non-hydrogen) atoms. The number of nitrogens with one attached hydrogen (secondary N) is 1. The predicted octanol–water partition coefficient (Wildman–Crippen LogP) is 3.75. The van der Waals surface area contributed by atoms with Gasteiger partial charge in [0.15, 0.2) is 0 Å². The molecule has 0 saturated heterocycles. The second-order valence-electron chi connectivity index (χ2n) is 6.03. The molecule has 0 aliphatic rings. The zero-order valence-electron chi connectivity index (χ0n) is 15.4. The van der Waals surface area contributed by atoms with Crippen molar-refractivity contribution in [2.24, 2.45) is 0 Å². The Labute approximate surface area is 162 Å². The highest BCUT2D eigenvalue weighted by Crippen LogP contribution is 2.24. The van der Waals surface area contributed by atoms with E-state index in [1.54, 1.807) is 17.7 Å². The minimum absolute atomic E-state index is 0.0847. The van der Waals surface area contributed by atoms with Crippen molar-refractivity contribution in [2.45, 2.75) is 13.5 Å². The third-order valence-corrected chi connectivity index (χ3v) is 4.11. The van der Waals surface area contributed by atoms with Gasteiger partial charge in [0, 0.05) is 28.4 Å². The van der Waals surface area contributed by atoms with Crippen LogP contribution in [0.5, 0.6) is 0 Å². The van der Waals surface area contributed by atoms with Gasteiger partial charge in [-0.2, -0.15) is 5.26 Å². The zero-order valence-corrected chi connectivity index (χ0v) is 15.4. The molecule has 2 aromatic carbocycles. The second-order valence-corrected chi connectivity index (χ2v) is 6.03. The molecule has 0 bridgehead atoms. The Hall–Kier alpha value is -3.85. The summed E-state index contributed by atoms with van der Waals surface area (Å²) in [6.45, 7) is 1.98. The van der Waals surface area contributed by atoms with Crippen LogP contribution in [-0.2, 0) is 20.9 Å². The summed E-state index contributed by atoms with van der Waals surface area (Å²) < 4.78 is 6.71. The molecule has 1 amide bonds. The summed E-state index contributed by atoms with van der Waals surface area (Å²) >= 11 is 0. The monoisotopic (exact) mass is 373 g/mol. The number of nitriles is 1. The maximum atomic E-state index is 12.4. The molecule has 0 aliphatic carbocycles. The molecule has 1 N–H and O–H groups in total. The van der Waals surface area contributed by atoms with E-state index in [4.69, 9.17) is 4.74 Å². The molecule has 1 aromatic heterocycles. The lowest BCUT2D eigenvalue weighted by Crippen LogP contribution is -2.18. The number of rotatable bonds is 6. The van der Waals surface area contributed by atoms with Crippen molar-refractivity contribution in [2.75, 3.05) is 11.9 Å². The van der Waals surface area contributed by atoms with E-state index in [2.05, 4.69) is 5.32 Å². The van der Waals surface area contributed by atoms with Crippen LogP contribution < -0.4 is 5.32 Å². The van der Waals surface area contributed by atoms with Gasteiger partial charge >= 0.3 is 5.97 Å². The third-order valence-electron chi connectivity index (χ3n) is 4.11. The molecule has 0 unspecified atom stereocenters. The van der Waals surface area contributed by atoms with E-state index in [0.29, 0.717) is 5.56 Å². The minimum atomic E-state index is -0.663. The second kappa shape index (κ2) is 8.69. The van der Waals surface area contributed by atoms with E-state index < -0.39 is 5.97 Å². The number of anilines is 1. The number of aromatic nitrogens is 1. The van der Waals surface area contributed by atoms with Gasteiger partial charge in [0.2, 0.25) is 5.91 Å². The lowest BCUT2D eigenvalue weighted by Gasteiger charge is -2.07. The lowest BCUT2D eigenvalue weighted by molar-refractivity contribution is -0.137. The minimum Gasteiger partial charge on any atom is -0.462 e. The Morgan fingerprint density at radius 3 is 2.57 bits per heavy atom. The van der Waals surface area contributed by atoms with Crippen LogP contribution in [-0.4, -0.2) is 23.1 Å². The van der Waals surface area contributed by atoms with E-state index >= 15 is 0 Å². The van der Waals surface area contributed by atoms with Gasteiger partial charge in [-0.25, -0.2) is 4.79 Å². The van der Waals surface area contributed by atoms with E-state index in [0.717, 1.165) is 16.6 Å². The average molecular weight is 373 g/mol. The third kappa shape index (κ3) is 4.27. The first-order chi connectivity index (χ1) is 13.6. The first kappa shape index (κ1) is 18.9. The van der Waals surface area contributed by atoms with Crippen molar-refractivity contribution >= 4 is 34.5 Å². The van der Waals surface area contributed by atoms with Crippen molar-refractivity contribution in [3.63, 3.8) is 0 Å². The van der Waals surface area contributed by atoms with Crippen molar-refractivity contribution in [3.05, 3.63) is 71.9 Å². The Balaban J connectivity index is 1.91. The van der Waals surface area contributed by atoms with Gasteiger partial charge in [-0.3, -0.25) is 4.79 Å². The van der Waals surface area contributed by atoms with Gasteiger partial charge in [-0.15, -0.1) is 0 Å². The molecule has 6 nitrogen and oxygen atoms in total. The number of nitrogens with zero attached hydrogens (tertiary/aromatic N) is 2. The highest BCUT2D eigenvalue weighted by atomic mass is 16.5. The van der Waals surface area contributed by atoms with Crippen LogP contribution in [0, 0.1) is 11.3 Å². The number of hydrogen-bond acceptors (Lipinski definition) is 4. The highest BCUT2D eigenvalue weighted by Gasteiger charge is 2.14. The fourth-order valence-corrected chi connectivity index (χ4v) is 2.90. The zero-order chi connectivity index (χ0) is 19.9. The van der Waals surface area contributed by atoms with E-state index in [1.165, 1.54) is 6.08 Å². The van der Waals surface area contributed by atoms with Crippen LogP contribution in [0.1, 0.15) is 12.5 Å². The van der Waals surface area contributed by atoms with Crippen molar-refractivity contribution in [1.82, 2.24) is 4.57 Å². The molecule has 0 aliphatic heterocycles. The highest BCUT2D eigenvalue weighted by molar-refractivity contribution is 6.01. The molecule has 1 heterocycles. The molecular weight excluding hydrogens is 354 g/mol. The summed E-state index contributed by atoms with van der Waals surface area (Å²) in [6, 6.07) is 18.6. The van der Waals surface area contributed by atoms with E-state index in [9.17, 15) is 14.9 Å². The first-order valence-corrected chi connectivity index (χ1v) is 8.84. The molecule has 140 valence electrons. The standard InChI is InChI=1S/C22H19N3O3/c1-2-28-22(27)16(13-23)12-17-14-25(20-11-7-6-10-19(17)20)15-21(26)24-18-8-4-3-5-9-18/h3-12,14H,2,15H2,1H3,(H,24,26). The number of carbonyl (C=O) groups is 2. The molecule has 0 spiro atoms. The molecular formula is C22H19N3O3. The van der Waals surface area contributed by atoms with Gasteiger partial charge in [-0.05, 0) is 31.2 Å². The molecule has 3 aromatic rings. The topological polar surface area (TPSA) is 84.1 Å². The van der Waals surface area contributed by atoms with Crippen LogP contribution in [0.2, 0.25) is 0 Å². The van der Waals surface area contributed by atoms with Crippen LogP contribution in [0.3, 0.4) is 0 Å². The number of para-hydroxylation sites is 2. The number of amides is 1. The van der Waals surface area contributed by atoms with Crippen LogP contribution >= 0.6 is 0 Å². The predicted molar refractivity (Wildman–Crippen MR) is 107 cm³/mol. The molecule has 0 atom stereocenters. The quantitative estimate of drug-likeness (QED) is 0.405. The number of benzene rings is 2. The van der Waals surface area contributed by atoms with Gasteiger partial charge in [0.25, 0.3) is 0 Å². The summed E-state index contributed by atoms with van der Waals surface area (Å²) in [5, 5.41) is 13.0. The maximum absolute atomic E-state index is 12.4. The normalized spacial score (nSPS) is 11.1. The van der Waals surface area contributed by atoms with Gasteiger partial charge in [0.1, 0.15) is 18.2 Å². The summed E-state index contributed by atoms with van der Waals surface area (Å²) in [5.74, 6) is -0.836. The summed E-state index contributed by atoms with van der Waals surface area (Å²) in [5.41, 5.74) is 2.14. The molecule has 0 fully saturated rings. The molecule has 3 rings (SSSR count). The smallest absolute Gasteiger partial charge is 0.348 e. The SMILES string of the molecule is CCOC(=O)C(C#N)=Cc1cn(CC(=O)Nc2ccccc2)c2ccccc12. The fourth-order valence-electron chi connectivity index (χ4n) is 2.90. The van der Waals surface area contributed by atoms with Crippen LogP contribution in [0.15, 0.2) is 66.4 Å². The molecule has 0 saturated carbocycles. The van der Waals surface area contributed by atoms with Crippen molar-refractivity contribution in [1.29, 1.82) is 5.26 Å². The maximum Gasteiger partial charge on any atom is 0.348 e. The fraction of sp³-hybridized carbons (Fsp3) is 0.136. The number of fused-ring (bicyclic) bond motifs is 1. The van der Waals surface area contributed by atoms with E-state index in [1.807, 2.05) is 60.7 Å². The largest absolute Gasteiger partial charge is 0.462 e. The van der Waals surface area contributed by atoms with Crippen molar-refractivity contribution in [3.8, 4) is 6.07 Å². The Morgan fingerprint density at radius 1 is 1.14 bits per heavy atom. The van der Waals surface area contributed by atoms with Gasteiger partial charge in [0.05, 0.1) is 6.61 Å².